The number of aryl methyl sites for hydroxylation is 1. The molecule has 0 aromatic carbocycles. The van der Waals surface area contributed by atoms with E-state index >= 15 is 0 Å². The van der Waals surface area contributed by atoms with Crippen LogP contribution in [0.4, 0.5) is 5.95 Å². The average molecular weight is 221 g/mol. The molecule has 1 aromatic heterocycles. The van der Waals surface area contributed by atoms with Gasteiger partial charge in [-0.15, -0.1) is 0 Å². The smallest absolute Gasteiger partial charge is 0.220 e. The number of aromatic nitrogens is 2. The SMILES string of the molecule is COC1CCC(c2cc(C)nc(N)n2)CC1. The molecule has 2 rings (SSSR count). The molecule has 0 spiro atoms. The molecule has 1 fully saturated rings. The zero-order chi connectivity index (χ0) is 11.5. The van der Waals surface area contributed by atoms with Crippen molar-refractivity contribution >= 4 is 5.95 Å². The third-order valence-corrected chi connectivity index (χ3v) is 3.32. The van der Waals surface area contributed by atoms with Crippen LogP contribution in [0.2, 0.25) is 0 Å². The van der Waals surface area contributed by atoms with Crippen LogP contribution >= 0.6 is 0 Å². The molecule has 0 atom stereocenters. The summed E-state index contributed by atoms with van der Waals surface area (Å²) in [6.07, 6.45) is 4.92. The molecule has 1 heterocycles. The molecule has 0 saturated heterocycles. The Hall–Kier alpha value is -1.16. The maximum Gasteiger partial charge on any atom is 0.220 e. The van der Waals surface area contributed by atoms with Crippen LogP contribution in [0.1, 0.15) is 43.0 Å². The first-order chi connectivity index (χ1) is 7.69. The number of methoxy groups -OCH3 is 1. The highest BCUT2D eigenvalue weighted by atomic mass is 16.5. The Bertz CT molecular complexity index is 339. The minimum atomic E-state index is 0.392. The largest absolute Gasteiger partial charge is 0.381 e. The van der Waals surface area contributed by atoms with Gasteiger partial charge < -0.3 is 10.5 Å². The summed E-state index contributed by atoms with van der Waals surface area (Å²) in [5, 5.41) is 0. The van der Waals surface area contributed by atoms with Gasteiger partial charge in [0.1, 0.15) is 0 Å². The topological polar surface area (TPSA) is 61.0 Å². The van der Waals surface area contributed by atoms with E-state index in [1.165, 1.54) is 0 Å². The molecule has 0 radical (unpaired) electrons. The van der Waals surface area contributed by atoms with E-state index in [1.807, 2.05) is 13.0 Å². The number of ether oxygens (including phenoxy) is 1. The van der Waals surface area contributed by atoms with Crippen molar-refractivity contribution in [3.63, 3.8) is 0 Å². The number of anilines is 1. The van der Waals surface area contributed by atoms with E-state index in [0.717, 1.165) is 37.1 Å². The molecular weight excluding hydrogens is 202 g/mol. The van der Waals surface area contributed by atoms with E-state index in [0.29, 0.717) is 18.0 Å². The Kier molecular flexibility index (Phi) is 3.39. The molecule has 16 heavy (non-hydrogen) atoms. The lowest BCUT2D eigenvalue weighted by molar-refractivity contribution is 0.0655. The Morgan fingerprint density at radius 2 is 1.94 bits per heavy atom. The molecule has 1 aliphatic rings. The lowest BCUT2D eigenvalue weighted by atomic mass is 9.85. The zero-order valence-electron chi connectivity index (χ0n) is 9.94. The van der Waals surface area contributed by atoms with Crippen molar-refractivity contribution in [2.45, 2.75) is 44.6 Å². The fourth-order valence-corrected chi connectivity index (χ4v) is 2.42. The first kappa shape index (κ1) is 11.3. The summed E-state index contributed by atoms with van der Waals surface area (Å²) in [6, 6.07) is 2.05. The van der Waals surface area contributed by atoms with Crippen LogP contribution < -0.4 is 5.73 Å². The second-order valence-corrected chi connectivity index (χ2v) is 4.50. The van der Waals surface area contributed by atoms with Gasteiger partial charge in [-0.2, -0.15) is 0 Å². The zero-order valence-corrected chi connectivity index (χ0v) is 9.94. The van der Waals surface area contributed by atoms with E-state index in [-0.39, 0.29) is 0 Å². The van der Waals surface area contributed by atoms with E-state index in [4.69, 9.17) is 10.5 Å². The summed E-state index contributed by atoms with van der Waals surface area (Å²) in [6.45, 7) is 1.96. The van der Waals surface area contributed by atoms with E-state index < -0.39 is 0 Å². The third-order valence-electron chi connectivity index (χ3n) is 3.32. The van der Waals surface area contributed by atoms with E-state index in [2.05, 4.69) is 9.97 Å². The molecule has 4 nitrogen and oxygen atoms in total. The molecule has 0 amide bonds. The van der Waals surface area contributed by atoms with E-state index in [9.17, 15) is 0 Å². The second-order valence-electron chi connectivity index (χ2n) is 4.50. The molecule has 1 aliphatic carbocycles. The first-order valence-electron chi connectivity index (χ1n) is 5.83. The fourth-order valence-electron chi connectivity index (χ4n) is 2.42. The molecular formula is C12H19N3O. The van der Waals surface area contributed by atoms with Gasteiger partial charge in [0.25, 0.3) is 0 Å². The second kappa shape index (κ2) is 4.78. The normalized spacial score (nSPS) is 25.6. The molecule has 88 valence electrons. The van der Waals surface area contributed by atoms with Gasteiger partial charge in [-0.05, 0) is 38.7 Å². The summed E-state index contributed by atoms with van der Waals surface area (Å²) in [7, 11) is 1.79. The Balaban J connectivity index is 2.08. The van der Waals surface area contributed by atoms with Crippen LogP contribution in [-0.4, -0.2) is 23.2 Å². The predicted octanol–water partition coefficient (Wildman–Crippen LogP) is 2.04. The predicted molar refractivity (Wildman–Crippen MR) is 63.2 cm³/mol. The van der Waals surface area contributed by atoms with Crippen LogP contribution in [0, 0.1) is 6.92 Å². The molecule has 4 heteroatoms. The van der Waals surface area contributed by atoms with Gasteiger partial charge in [-0.25, -0.2) is 9.97 Å². The van der Waals surface area contributed by atoms with Crippen LogP contribution in [0.15, 0.2) is 6.07 Å². The highest BCUT2D eigenvalue weighted by molar-refractivity contribution is 5.24. The van der Waals surface area contributed by atoms with Crippen molar-refractivity contribution in [1.82, 2.24) is 9.97 Å². The molecule has 0 bridgehead atoms. The van der Waals surface area contributed by atoms with Gasteiger partial charge in [0, 0.05) is 24.4 Å². The van der Waals surface area contributed by atoms with Crippen LogP contribution in [-0.2, 0) is 4.74 Å². The van der Waals surface area contributed by atoms with Gasteiger partial charge in [0.2, 0.25) is 5.95 Å². The minimum Gasteiger partial charge on any atom is -0.381 e. The Morgan fingerprint density at radius 3 is 2.50 bits per heavy atom. The number of rotatable bonds is 2. The summed E-state index contributed by atoms with van der Waals surface area (Å²) in [5.41, 5.74) is 7.72. The number of nitrogen functional groups attached to an aromatic ring is 1. The van der Waals surface area contributed by atoms with Crippen molar-refractivity contribution in [1.29, 1.82) is 0 Å². The van der Waals surface area contributed by atoms with Crippen molar-refractivity contribution in [3.8, 4) is 0 Å². The molecule has 0 aliphatic heterocycles. The van der Waals surface area contributed by atoms with Crippen molar-refractivity contribution in [2.24, 2.45) is 0 Å². The van der Waals surface area contributed by atoms with Gasteiger partial charge in [0.15, 0.2) is 0 Å². The lowest BCUT2D eigenvalue weighted by Crippen LogP contribution is -2.20. The Morgan fingerprint density at radius 1 is 1.25 bits per heavy atom. The lowest BCUT2D eigenvalue weighted by Gasteiger charge is -2.27. The maximum atomic E-state index is 5.67. The standard InChI is InChI=1S/C12H19N3O/c1-8-7-11(15-12(13)14-8)9-3-5-10(16-2)6-4-9/h7,9-10H,3-6H2,1-2H3,(H2,13,14,15). The van der Waals surface area contributed by atoms with Gasteiger partial charge in [-0.1, -0.05) is 0 Å². The summed E-state index contributed by atoms with van der Waals surface area (Å²) >= 11 is 0. The number of nitrogens with two attached hydrogens (primary N) is 1. The quantitative estimate of drug-likeness (QED) is 0.830. The summed E-state index contributed by atoms with van der Waals surface area (Å²) in [5.74, 6) is 0.916. The molecule has 1 aromatic rings. The number of nitrogens with zero attached hydrogens (tertiary/aromatic N) is 2. The molecule has 1 saturated carbocycles. The highest BCUT2D eigenvalue weighted by Gasteiger charge is 2.23. The highest BCUT2D eigenvalue weighted by Crippen LogP contribution is 2.33. The molecule has 2 N–H and O–H groups in total. The Labute approximate surface area is 96.2 Å². The van der Waals surface area contributed by atoms with Gasteiger partial charge in [-0.3, -0.25) is 0 Å². The summed E-state index contributed by atoms with van der Waals surface area (Å²) < 4.78 is 5.37. The van der Waals surface area contributed by atoms with Crippen LogP contribution in [0.5, 0.6) is 0 Å². The van der Waals surface area contributed by atoms with Crippen molar-refractivity contribution in [3.05, 3.63) is 17.5 Å². The minimum absolute atomic E-state index is 0.392. The van der Waals surface area contributed by atoms with Crippen LogP contribution in [0.25, 0.3) is 0 Å². The maximum absolute atomic E-state index is 5.67. The number of hydrogen-bond acceptors (Lipinski definition) is 4. The summed E-state index contributed by atoms with van der Waals surface area (Å²) in [4.78, 5) is 8.44. The third kappa shape index (κ3) is 2.50. The van der Waals surface area contributed by atoms with Crippen molar-refractivity contribution in [2.75, 3.05) is 12.8 Å². The van der Waals surface area contributed by atoms with Gasteiger partial charge >= 0.3 is 0 Å². The van der Waals surface area contributed by atoms with E-state index in [1.54, 1.807) is 7.11 Å². The number of hydrogen-bond donors (Lipinski definition) is 1. The monoisotopic (exact) mass is 221 g/mol. The average Bonchev–Trinajstić information content (AvgIpc) is 2.28. The van der Waals surface area contributed by atoms with Crippen molar-refractivity contribution < 1.29 is 4.74 Å². The van der Waals surface area contributed by atoms with Gasteiger partial charge in [0.05, 0.1) is 6.10 Å². The molecule has 0 unspecified atom stereocenters. The fraction of sp³-hybridized carbons (Fsp3) is 0.667. The first-order valence-corrected chi connectivity index (χ1v) is 5.83. The van der Waals surface area contributed by atoms with Crippen LogP contribution in [0.3, 0.4) is 0 Å².